The predicted octanol–water partition coefficient (Wildman–Crippen LogP) is 3.05. The Labute approximate surface area is 157 Å². The van der Waals surface area contributed by atoms with Crippen molar-refractivity contribution in [3.05, 3.63) is 45.1 Å². The van der Waals surface area contributed by atoms with E-state index in [1.807, 2.05) is 29.6 Å². The lowest BCUT2D eigenvalue weighted by Gasteiger charge is -2.14. The topological polar surface area (TPSA) is 62.8 Å². The zero-order valence-corrected chi connectivity index (χ0v) is 16.1. The lowest BCUT2D eigenvalue weighted by molar-refractivity contribution is 0.191. The number of aliphatic hydroxyl groups excluding tert-OH is 1. The van der Waals surface area contributed by atoms with Gasteiger partial charge in [0.15, 0.2) is 11.5 Å². The number of nitrogens with one attached hydrogen (secondary N) is 2. The number of rotatable bonds is 11. The largest absolute Gasteiger partial charge is 0.493 e. The van der Waals surface area contributed by atoms with Crippen molar-refractivity contribution in [3.63, 3.8) is 0 Å². The summed E-state index contributed by atoms with van der Waals surface area (Å²) in [7, 11) is 1.61. The van der Waals surface area contributed by atoms with E-state index in [9.17, 15) is 5.11 Å². The summed E-state index contributed by atoms with van der Waals surface area (Å²) in [6, 6.07) is 7.85. The summed E-state index contributed by atoms with van der Waals surface area (Å²) in [5.74, 6) is 1.20. The molecule has 2 aromatic rings. The second-order valence-electron chi connectivity index (χ2n) is 5.71. The van der Waals surface area contributed by atoms with Crippen LogP contribution in [0, 0.1) is 0 Å². The molecule has 7 heteroatoms. The lowest BCUT2D eigenvalue weighted by atomic mass is 10.2. The van der Waals surface area contributed by atoms with Crippen molar-refractivity contribution < 1.29 is 14.6 Å². The van der Waals surface area contributed by atoms with Crippen LogP contribution in [0.3, 0.4) is 0 Å². The van der Waals surface area contributed by atoms with Gasteiger partial charge in [0.1, 0.15) is 6.61 Å². The highest BCUT2D eigenvalue weighted by Gasteiger charge is 2.12. The fraction of sp³-hybridized carbons (Fsp3) is 0.444. The zero-order valence-electron chi connectivity index (χ0n) is 14.5. The van der Waals surface area contributed by atoms with Crippen LogP contribution < -0.4 is 20.1 Å². The molecule has 0 amide bonds. The molecule has 1 aromatic heterocycles. The van der Waals surface area contributed by atoms with Crippen molar-refractivity contribution in [2.75, 3.05) is 26.7 Å². The van der Waals surface area contributed by atoms with Crippen LogP contribution in [0.1, 0.15) is 17.4 Å². The second kappa shape index (κ2) is 10.6. The minimum atomic E-state index is -0.329. The van der Waals surface area contributed by atoms with Crippen LogP contribution in [-0.2, 0) is 13.2 Å². The van der Waals surface area contributed by atoms with Gasteiger partial charge in [-0.1, -0.05) is 17.7 Å². The average Bonchev–Trinajstić information content (AvgIpc) is 3.09. The summed E-state index contributed by atoms with van der Waals surface area (Å²) in [6.45, 7) is 5.09. The molecule has 25 heavy (non-hydrogen) atoms. The molecule has 138 valence electrons. The summed E-state index contributed by atoms with van der Waals surface area (Å²) in [4.78, 5) is 1.13. The number of ether oxygens (including phenoxy) is 2. The Bertz CT molecular complexity index is 636. The van der Waals surface area contributed by atoms with Crippen molar-refractivity contribution in [1.82, 2.24) is 10.6 Å². The molecule has 1 atom stereocenters. The lowest BCUT2D eigenvalue weighted by Crippen LogP contribution is -2.31. The number of benzene rings is 1. The van der Waals surface area contributed by atoms with Gasteiger partial charge in [-0.15, -0.1) is 11.3 Å². The number of hydrogen-bond donors (Lipinski definition) is 3. The smallest absolute Gasteiger partial charge is 0.180 e. The molecule has 1 aromatic carbocycles. The van der Waals surface area contributed by atoms with Crippen LogP contribution in [0.25, 0.3) is 0 Å². The standard InChI is InChI=1S/C18H25ClN2O3S/c1-13(22)10-20-5-6-21-11-14-8-16(19)18(17(9-14)23-2)24-12-15-4-3-7-25-15/h3-4,7-9,13,20-22H,5-6,10-12H2,1-2H3. The number of halogens is 1. The quantitative estimate of drug-likeness (QED) is 0.520. The molecular formula is C18H25ClN2O3S. The van der Waals surface area contributed by atoms with Crippen molar-refractivity contribution in [3.8, 4) is 11.5 Å². The van der Waals surface area contributed by atoms with Gasteiger partial charge in [-0.25, -0.2) is 0 Å². The molecule has 0 aliphatic carbocycles. The minimum absolute atomic E-state index is 0.329. The number of thiophene rings is 1. The maximum Gasteiger partial charge on any atom is 0.180 e. The third-order valence-corrected chi connectivity index (χ3v) is 4.61. The highest BCUT2D eigenvalue weighted by Crippen LogP contribution is 2.37. The molecule has 3 N–H and O–H groups in total. The van der Waals surface area contributed by atoms with Crippen LogP contribution in [0.5, 0.6) is 11.5 Å². The number of hydrogen-bond acceptors (Lipinski definition) is 6. The van der Waals surface area contributed by atoms with Crippen LogP contribution in [0.2, 0.25) is 5.02 Å². The van der Waals surface area contributed by atoms with Gasteiger partial charge in [0.2, 0.25) is 0 Å². The van der Waals surface area contributed by atoms with Crippen LogP contribution >= 0.6 is 22.9 Å². The van der Waals surface area contributed by atoms with E-state index in [2.05, 4.69) is 10.6 Å². The Balaban J connectivity index is 1.87. The summed E-state index contributed by atoms with van der Waals surface area (Å²) < 4.78 is 11.3. The van der Waals surface area contributed by atoms with E-state index in [1.54, 1.807) is 25.4 Å². The van der Waals surface area contributed by atoms with Crippen molar-refractivity contribution >= 4 is 22.9 Å². The third kappa shape index (κ3) is 6.84. The zero-order chi connectivity index (χ0) is 18.1. The first-order valence-corrected chi connectivity index (χ1v) is 9.47. The van der Waals surface area contributed by atoms with Crippen molar-refractivity contribution in [1.29, 1.82) is 0 Å². The van der Waals surface area contributed by atoms with Gasteiger partial charge in [-0.05, 0) is 36.1 Å². The molecule has 5 nitrogen and oxygen atoms in total. The van der Waals surface area contributed by atoms with Crippen LogP contribution in [-0.4, -0.2) is 38.0 Å². The first kappa shape index (κ1) is 20.0. The Kier molecular flexibility index (Phi) is 8.51. The first-order valence-electron chi connectivity index (χ1n) is 8.21. The fourth-order valence-corrected chi connectivity index (χ4v) is 3.18. The fourth-order valence-electron chi connectivity index (χ4n) is 2.27. The van der Waals surface area contributed by atoms with E-state index in [1.165, 1.54) is 0 Å². The van der Waals surface area contributed by atoms with Gasteiger partial charge >= 0.3 is 0 Å². The van der Waals surface area contributed by atoms with E-state index in [0.29, 0.717) is 36.2 Å². The Morgan fingerprint density at radius 1 is 1.28 bits per heavy atom. The molecule has 0 bridgehead atoms. The SMILES string of the molecule is COc1cc(CNCCNCC(C)O)cc(Cl)c1OCc1cccs1. The first-order chi connectivity index (χ1) is 12.1. The van der Waals surface area contributed by atoms with E-state index in [-0.39, 0.29) is 6.10 Å². The maximum absolute atomic E-state index is 9.18. The van der Waals surface area contributed by atoms with Gasteiger partial charge in [0.05, 0.1) is 18.2 Å². The summed E-state index contributed by atoms with van der Waals surface area (Å²) in [5.41, 5.74) is 1.03. The maximum atomic E-state index is 9.18. The van der Waals surface area contributed by atoms with E-state index >= 15 is 0 Å². The highest BCUT2D eigenvalue weighted by atomic mass is 35.5. The molecule has 1 unspecified atom stereocenters. The highest BCUT2D eigenvalue weighted by molar-refractivity contribution is 7.09. The van der Waals surface area contributed by atoms with Gasteiger partial charge in [-0.3, -0.25) is 0 Å². The minimum Gasteiger partial charge on any atom is -0.493 e. The molecule has 0 saturated heterocycles. The Hall–Kier alpha value is -1.31. The molecule has 0 radical (unpaired) electrons. The van der Waals surface area contributed by atoms with Gasteiger partial charge in [0, 0.05) is 31.1 Å². The third-order valence-electron chi connectivity index (χ3n) is 3.48. The molecule has 2 rings (SSSR count). The van der Waals surface area contributed by atoms with Crippen molar-refractivity contribution in [2.24, 2.45) is 0 Å². The number of aliphatic hydroxyl groups is 1. The van der Waals surface area contributed by atoms with Crippen molar-refractivity contribution in [2.45, 2.75) is 26.2 Å². The summed E-state index contributed by atoms with van der Waals surface area (Å²) >= 11 is 8.02. The molecular weight excluding hydrogens is 360 g/mol. The molecule has 0 aliphatic heterocycles. The second-order valence-corrected chi connectivity index (χ2v) is 7.15. The summed E-state index contributed by atoms with van der Waals surface area (Å²) in [5, 5.41) is 18.2. The molecule has 0 fully saturated rings. The predicted molar refractivity (Wildman–Crippen MR) is 103 cm³/mol. The van der Waals surface area contributed by atoms with Gasteiger partial charge in [0.25, 0.3) is 0 Å². The Morgan fingerprint density at radius 2 is 2.08 bits per heavy atom. The van der Waals surface area contributed by atoms with Gasteiger partial charge < -0.3 is 25.2 Å². The molecule has 0 saturated carbocycles. The molecule has 0 spiro atoms. The van der Waals surface area contributed by atoms with Crippen LogP contribution in [0.15, 0.2) is 29.6 Å². The monoisotopic (exact) mass is 384 g/mol. The normalized spacial score (nSPS) is 12.2. The Morgan fingerprint density at radius 3 is 2.76 bits per heavy atom. The summed E-state index contributed by atoms with van der Waals surface area (Å²) in [6.07, 6.45) is -0.329. The van der Waals surface area contributed by atoms with E-state index in [0.717, 1.165) is 23.5 Å². The number of methoxy groups -OCH3 is 1. The molecule has 0 aliphatic rings. The van der Waals surface area contributed by atoms with E-state index in [4.69, 9.17) is 21.1 Å². The van der Waals surface area contributed by atoms with Crippen LogP contribution in [0.4, 0.5) is 0 Å². The molecule has 1 heterocycles. The van der Waals surface area contributed by atoms with Gasteiger partial charge in [-0.2, -0.15) is 0 Å². The van der Waals surface area contributed by atoms with E-state index < -0.39 is 0 Å². The average molecular weight is 385 g/mol.